The molecular formula is C22H22N4O3. The molecule has 0 bridgehead atoms. The van der Waals surface area contributed by atoms with Gasteiger partial charge in [0.15, 0.2) is 5.72 Å². The number of amides is 2. The molecule has 5 rings (SSSR count). The number of hydrogen-bond acceptors (Lipinski definition) is 4. The Hall–Kier alpha value is -3.35. The van der Waals surface area contributed by atoms with Crippen LogP contribution < -0.4 is 10.1 Å². The van der Waals surface area contributed by atoms with Gasteiger partial charge in [0.1, 0.15) is 11.6 Å². The molecule has 2 aromatic carbocycles. The van der Waals surface area contributed by atoms with Gasteiger partial charge in [0.05, 0.1) is 16.6 Å². The molecule has 1 saturated heterocycles. The first-order valence-corrected chi connectivity index (χ1v) is 9.79. The van der Waals surface area contributed by atoms with Crippen molar-refractivity contribution in [2.45, 2.75) is 25.5 Å². The highest BCUT2D eigenvalue weighted by atomic mass is 16.5. The van der Waals surface area contributed by atoms with Crippen LogP contribution in [0.25, 0.3) is 11.0 Å². The maximum Gasteiger partial charge on any atom is 0.258 e. The second kappa shape index (κ2) is 6.34. The summed E-state index contributed by atoms with van der Waals surface area (Å²) < 4.78 is 8.16. The van der Waals surface area contributed by atoms with Crippen molar-refractivity contribution < 1.29 is 14.3 Å². The fourth-order valence-corrected chi connectivity index (χ4v) is 4.19. The zero-order valence-electron chi connectivity index (χ0n) is 16.4. The SMILES string of the molecule is Cc1nc2cc(C(=O)N3CCC4(CC3)NC(=O)c3ccccc3O4)ccc2n1C. The highest BCUT2D eigenvalue weighted by molar-refractivity contribution is 5.99. The summed E-state index contributed by atoms with van der Waals surface area (Å²) in [6.45, 7) is 2.98. The van der Waals surface area contributed by atoms with Gasteiger partial charge in [0.2, 0.25) is 0 Å². The molecule has 7 heteroatoms. The molecule has 0 radical (unpaired) electrons. The molecule has 0 atom stereocenters. The van der Waals surface area contributed by atoms with Gasteiger partial charge in [-0.05, 0) is 37.3 Å². The lowest BCUT2D eigenvalue weighted by molar-refractivity contribution is -0.0245. The number of nitrogens with one attached hydrogen (secondary N) is 1. The number of rotatable bonds is 1. The minimum Gasteiger partial charge on any atom is -0.467 e. The smallest absolute Gasteiger partial charge is 0.258 e. The molecule has 0 aliphatic carbocycles. The number of carbonyl (C=O) groups is 2. The second-order valence-corrected chi connectivity index (χ2v) is 7.76. The number of aromatic nitrogens is 2. The molecule has 29 heavy (non-hydrogen) atoms. The van der Waals surface area contributed by atoms with E-state index in [9.17, 15) is 9.59 Å². The lowest BCUT2D eigenvalue weighted by Crippen LogP contribution is -2.61. The molecule has 0 unspecified atom stereocenters. The molecule has 1 aromatic heterocycles. The number of aryl methyl sites for hydroxylation is 2. The first-order chi connectivity index (χ1) is 14.0. The Balaban J connectivity index is 1.33. The van der Waals surface area contributed by atoms with Crippen LogP contribution in [0.3, 0.4) is 0 Å². The fourth-order valence-electron chi connectivity index (χ4n) is 4.19. The Morgan fingerprint density at radius 3 is 2.72 bits per heavy atom. The van der Waals surface area contributed by atoms with Gasteiger partial charge in [-0.15, -0.1) is 0 Å². The van der Waals surface area contributed by atoms with E-state index in [0.717, 1.165) is 16.9 Å². The van der Waals surface area contributed by atoms with Gasteiger partial charge in [0, 0.05) is 38.5 Å². The summed E-state index contributed by atoms with van der Waals surface area (Å²) in [4.78, 5) is 31.8. The number of piperidine rings is 1. The number of benzene rings is 2. The first kappa shape index (κ1) is 17.7. The van der Waals surface area contributed by atoms with Crippen molar-refractivity contribution in [3.8, 4) is 5.75 Å². The van der Waals surface area contributed by atoms with Crippen LogP contribution in [0.4, 0.5) is 0 Å². The summed E-state index contributed by atoms with van der Waals surface area (Å²) in [5, 5.41) is 3.01. The molecule has 1 spiro atoms. The van der Waals surface area contributed by atoms with E-state index in [1.807, 2.05) is 59.8 Å². The molecule has 3 heterocycles. The van der Waals surface area contributed by atoms with E-state index in [1.165, 1.54) is 0 Å². The number of para-hydroxylation sites is 1. The van der Waals surface area contributed by atoms with Gasteiger partial charge in [-0.2, -0.15) is 0 Å². The summed E-state index contributed by atoms with van der Waals surface area (Å²) >= 11 is 0. The van der Waals surface area contributed by atoms with Gasteiger partial charge in [-0.3, -0.25) is 9.59 Å². The Bertz CT molecular complexity index is 1140. The van der Waals surface area contributed by atoms with Gasteiger partial charge in [-0.1, -0.05) is 12.1 Å². The number of fused-ring (bicyclic) bond motifs is 2. The summed E-state index contributed by atoms with van der Waals surface area (Å²) in [7, 11) is 1.97. The highest BCUT2D eigenvalue weighted by Gasteiger charge is 2.43. The number of ether oxygens (including phenoxy) is 1. The normalized spacial score (nSPS) is 17.7. The quantitative estimate of drug-likeness (QED) is 0.693. The number of imidazole rings is 1. The topological polar surface area (TPSA) is 76.5 Å². The Kier molecular flexibility index (Phi) is 3.87. The molecule has 2 aliphatic rings. The van der Waals surface area contributed by atoms with Crippen molar-refractivity contribution in [1.29, 1.82) is 0 Å². The van der Waals surface area contributed by atoms with Crippen LogP contribution in [-0.2, 0) is 7.05 Å². The highest BCUT2D eigenvalue weighted by Crippen LogP contribution is 2.33. The third-order valence-electron chi connectivity index (χ3n) is 5.99. The van der Waals surface area contributed by atoms with Gasteiger partial charge in [0.25, 0.3) is 11.8 Å². The van der Waals surface area contributed by atoms with Crippen molar-refractivity contribution in [1.82, 2.24) is 19.8 Å². The van der Waals surface area contributed by atoms with E-state index in [2.05, 4.69) is 10.3 Å². The molecule has 7 nitrogen and oxygen atoms in total. The molecule has 0 saturated carbocycles. The molecule has 2 aliphatic heterocycles. The minimum atomic E-state index is -0.746. The van der Waals surface area contributed by atoms with Gasteiger partial charge < -0.3 is 19.5 Å². The van der Waals surface area contributed by atoms with E-state index in [4.69, 9.17) is 4.74 Å². The van der Waals surface area contributed by atoms with Crippen LogP contribution in [0.5, 0.6) is 5.75 Å². The van der Waals surface area contributed by atoms with E-state index < -0.39 is 5.72 Å². The number of carbonyl (C=O) groups excluding carboxylic acids is 2. The second-order valence-electron chi connectivity index (χ2n) is 7.76. The van der Waals surface area contributed by atoms with E-state index in [-0.39, 0.29) is 11.8 Å². The lowest BCUT2D eigenvalue weighted by Gasteiger charge is -2.44. The summed E-state index contributed by atoms with van der Waals surface area (Å²) in [5.74, 6) is 1.37. The minimum absolute atomic E-state index is 0.0207. The van der Waals surface area contributed by atoms with Crippen LogP contribution in [0.1, 0.15) is 39.4 Å². The average molecular weight is 390 g/mol. The monoisotopic (exact) mass is 390 g/mol. The van der Waals surface area contributed by atoms with E-state index >= 15 is 0 Å². The van der Waals surface area contributed by atoms with Crippen LogP contribution >= 0.6 is 0 Å². The standard InChI is InChI=1S/C22H22N4O3/c1-14-23-17-13-15(7-8-18(17)25(14)2)21(28)26-11-9-22(10-12-26)24-20(27)16-5-3-4-6-19(16)29-22/h3-8,13H,9-12H2,1-2H3,(H,24,27). The number of hydrogen-bond donors (Lipinski definition) is 1. The molecule has 2 amide bonds. The predicted octanol–water partition coefficient (Wildman–Crippen LogP) is 2.64. The Morgan fingerprint density at radius 2 is 1.93 bits per heavy atom. The van der Waals surface area contributed by atoms with Crippen molar-refractivity contribution in [3.05, 3.63) is 59.4 Å². The third kappa shape index (κ3) is 2.85. The van der Waals surface area contributed by atoms with Crippen molar-refractivity contribution in [3.63, 3.8) is 0 Å². The van der Waals surface area contributed by atoms with Crippen LogP contribution in [0.15, 0.2) is 42.5 Å². The zero-order valence-corrected chi connectivity index (χ0v) is 16.4. The number of nitrogens with zero attached hydrogens (tertiary/aromatic N) is 3. The molecule has 148 valence electrons. The molecule has 1 N–H and O–H groups in total. The summed E-state index contributed by atoms with van der Waals surface area (Å²) in [6.07, 6.45) is 1.09. The Labute approximate surface area is 168 Å². The third-order valence-corrected chi connectivity index (χ3v) is 5.99. The van der Waals surface area contributed by atoms with E-state index in [0.29, 0.717) is 42.8 Å². The fraction of sp³-hybridized carbons (Fsp3) is 0.318. The predicted molar refractivity (Wildman–Crippen MR) is 108 cm³/mol. The largest absolute Gasteiger partial charge is 0.467 e. The maximum absolute atomic E-state index is 13.0. The van der Waals surface area contributed by atoms with Crippen LogP contribution in [0, 0.1) is 6.92 Å². The molecule has 3 aromatic rings. The number of likely N-dealkylation sites (tertiary alicyclic amines) is 1. The molecular weight excluding hydrogens is 368 g/mol. The van der Waals surface area contributed by atoms with Crippen LogP contribution in [0.2, 0.25) is 0 Å². The maximum atomic E-state index is 13.0. The van der Waals surface area contributed by atoms with Crippen molar-refractivity contribution in [2.75, 3.05) is 13.1 Å². The van der Waals surface area contributed by atoms with Crippen molar-refractivity contribution >= 4 is 22.8 Å². The van der Waals surface area contributed by atoms with Gasteiger partial charge >= 0.3 is 0 Å². The van der Waals surface area contributed by atoms with E-state index in [1.54, 1.807) is 6.07 Å². The zero-order chi connectivity index (χ0) is 20.2. The summed E-state index contributed by atoms with van der Waals surface area (Å²) in [6, 6.07) is 12.9. The van der Waals surface area contributed by atoms with Gasteiger partial charge in [-0.25, -0.2) is 4.98 Å². The lowest BCUT2D eigenvalue weighted by atomic mass is 9.96. The summed E-state index contributed by atoms with van der Waals surface area (Å²) in [5.41, 5.74) is 2.27. The van der Waals surface area contributed by atoms with Crippen LogP contribution in [-0.4, -0.2) is 45.1 Å². The van der Waals surface area contributed by atoms with Crippen molar-refractivity contribution in [2.24, 2.45) is 7.05 Å². The average Bonchev–Trinajstić information content (AvgIpc) is 3.01. The Morgan fingerprint density at radius 1 is 1.17 bits per heavy atom. The molecule has 1 fully saturated rings. The first-order valence-electron chi connectivity index (χ1n) is 9.79.